The number of ether oxygens (including phenoxy) is 1. The van der Waals surface area contributed by atoms with Gasteiger partial charge in [-0.05, 0) is 42.8 Å². The lowest BCUT2D eigenvalue weighted by molar-refractivity contribution is 0.294. The number of pyridine rings is 1. The van der Waals surface area contributed by atoms with Gasteiger partial charge in [0, 0.05) is 12.3 Å². The van der Waals surface area contributed by atoms with Crippen LogP contribution >= 0.6 is 11.6 Å². The van der Waals surface area contributed by atoms with Gasteiger partial charge in [0.05, 0.1) is 21.6 Å². The number of fused-ring (bicyclic) bond motifs is 1. The number of benzene rings is 2. The number of hydrogen-bond acceptors (Lipinski definition) is 4. The van der Waals surface area contributed by atoms with Crippen LogP contribution in [0, 0.1) is 12.7 Å². The van der Waals surface area contributed by atoms with E-state index in [1.807, 2.05) is 0 Å². The van der Waals surface area contributed by atoms with Crippen molar-refractivity contribution in [3.63, 3.8) is 0 Å². The van der Waals surface area contributed by atoms with Gasteiger partial charge in [-0.25, -0.2) is 13.8 Å². The van der Waals surface area contributed by atoms with E-state index >= 15 is 0 Å². The Balaban J connectivity index is 1.79. The van der Waals surface area contributed by atoms with Gasteiger partial charge < -0.3 is 9.72 Å². The van der Waals surface area contributed by atoms with Gasteiger partial charge in [-0.15, -0.1) is 0 Å². The number of aryl methyl sites for hydroxylation is 1. The van der Waals surface area contributed by atoms with Crippen LogP contribution in [0.3, 0.4) is 0 Å². The van der Waals surface area contributed by atoms with Crippen molar-refractivity contribution in [3.8, 4) is 11.4 Å². The van der Waals surface area contributed by atoms with Crippen LogP contribution in [0.2, 0.25) is 5.02 Å². The predicted octanol–water partition coefficient (Wildman–Crippen LogP) is 3.75. The molecule has 2 heterocycles. The lowest BCUT2D eigenvalue weighted by Crippen LogP contribution is -2.34. The molecule has 0 saturated carbocycles. The summed E-state index contributed by atoms with van der Waals surface area (Å²) in [6.07, 6.45) is 1.47. The second-order valence-electron chi connectivity index (χ2n) is 6.40. The third-order valence-corrected chi connectivity index (χ3v) is 4.82. The molecule has 0 amide bonds. The first-order chi connectivity index (χ1) is 14.0. The molecule has 146 valence electrons. The van der Waals surface area contributed by atoms with Crippen LogP contribution in [0.4, 0.5) is 4.39 Å². The Labute approximate surface area is 169 Å². The fourth-order valence-electron chi connectivity index (χ4n) is 3.04. The zero-order valence-corrected chi connectivity index (χ0v) is 16.0. The van der Waals surface area contributed by atoms with Gasteiger partial charge in [0.15, 0.2) is 0 Å². The van der Waals surface area contributed by atoms with Crippen LogP contribution < -0.4 is 16.0 Å². The van der Waals surface area contributed by atoms with Gasteiger partial charge in [-0.3, -0.25) is 9.78 Å². The molecule has 0 radical (unpaired) electrons. The lowest BCUT2D eigenvalue weighted by Gasteiger charge is -2.13. The van der Waals surface area contributed by atoms with Crippen molar-refractivity contribution < 1.29 is 9.13 Å². The number of nitrogens with zero attached hydrogens (tertiary/aromatic N) is 2. The van der Waals surface area contributed by atoms with Crippen LogP contribution in [0.1, 0.15) is 11.3 Å². The maximum Gasteiger partial charge on any atom is 0.333 e. The summed E-state index contributed by atoms with van der Waals surface area (Å²) >= 11 is 6.18. The molecule has 4 rings (SSSR count). The molecular formula is C21H15ClFN3O3. The minimum absolute atomic E-state index is 0.0933. The van der Waals surface area contributed by atoms with Crippen molar-refractivity contribution in [2.45, 2.75) is 13.5 Å². The molecule has 8 heteroatoms. The van der Waals surface area contributed by atoms with Crippen molar-refractivity contribution in [1.29, 1.82) is 0 Å². The standard InChI is InChI=1S/C21H15ClFN3O3/c1-12-7-8-13(29-11-17-15(23)5-3-9-24-17)10-18(12)26-20(27)19-14(22)4-2-6-16(19)25-21(26)28/h2-10H,11H2,1H3,(H,25,28). The largest absolute Gasteiger partial charge is 0.487 e. The van der Waals surface area contributed by atoms with Crippen molar-refractivity contribution in [2.24, 2.45) is 0 Å². The van der Waals surface area contributed by atoms with Crippen molar-refractivity contribution >= 4 is 22.5 Å². The number of rotatable bonds is 4. The van der Waals surface area contributed by atoms with Gasteiger partial charge in [-0.1, -0.05) is 23.7 Å². The normalized spacial score (nSPS) is 11.0. The molecular weight excluding hydrogens is 397 g/mol. The number of aromatic nitrogens is 3. The minimum atomic E-state index is -0.596. The second-order valence-corrected chi connectivity index (χ2v) is 6.81. The Bertz CT molecular complexity index is 1350. The van der Waals surface area contributed by atoms with E-state index in [1.165, 1.54) is 18.3 Å². The highest BCUT2D eigenvalue weighted by atomic mass is 35.5. The predicted molar refractivity (Wildman–Crippen MR) is 108 cm³/mol. The molecule has 0 unspecified atom stereocenters. The van der Waals surface area contributed by atoms with Crippen LogP contribution in [-0.2, 0) is 6.61 Å². The van der Waals surface area contributed by atoms with E-state index in [4.69, 9.17) is 16.3 Å². The topological polar surface area (TPSA) is 77.0 Å². The highest BCUT2D eigenvalue weighted by Crippen LogP contribution is 2.22. The van der Waals surface area contributed by atoms with E-state index in [0.29, 0.717) is 22.5 Å². The molecule has 0 aliphatic rings. The minimum Gasteiger partial charge on any atom is -0.487 e. The van der Waals surface area contributed by atoms with Crippen LogP contribution in [0.5, 0.6) is 5.75 Å². The molecule has 4 aromatic rings. The summed E-state index contributed by atoms with van der Waals surface area (Å²) in [5, 5.41) is 0.461. The van der Waals surface area contributed by atoms with E-state index < -0.39 is 17.1 Å². The molecule has 0 aliphatic carbocycles. The molecule has 0 fully saturated rings. The first-order valence-electron chi connectivity index (χ1n) is 8.72. The molecule has 0 saturated heterocycles. The molecule has 0 atom stereocenters. The zero-order valence-electron chi connectivity index (χ0n) is 15.3. The summed E-state index contributed by atoms with van der Waals surface area (Å²) in [6, 6.07) is 12.6. The molecule has 6 nitrogen and oxygen atoms in total. The number of H-pyrrole nitrogens is 1. The molecule has 2 aromatic heterocycles. The Morgan fingerprint density at radius 2 is 2.00 bits per heavy atom. The highest BCUT2D eigenvalue weighted by Gasteiger charge is 2.15. The van der Waals surface area contributed by atoms with Crippen LogP contribution in [0.15, 0.2) is 64.3 Å². The van der Waals surface area contributed by atoms with E-state index in [-0.39, 0.29) is 22.7 Å². The number of aromatic amines is 1. The summed E-state index contributed by atoms with van der Waals surface area (Å²) in [4.78, 5) is 32.2. The Kier molecular flexibility index (Phi) is 4.90. The number of halogens is 2. The van der Waals surface area contributed by atoms with E-state index in [2.05, 4.69) is 9.97 Å². The SMILES string of the molecule is Cc1ccc(OCc2ncccc2F)cc1-n1c(=O)[nH]c2cccc(Cl)c2c1=O. The molecule has 0 bridgehead atoms. The van der Waals surface area contributed by atoms with E-state index in [1.54, 1.807) is 43.3 Å². The summed E-state index contributed by atoms with van der Waals surface area (Å²) in [5.41, 5.74) is 0.408. The van der Waals surface area contributed by atoms with Gasteiger partial charge >= 0.3 is 5.69 Å². The first kappa shape index (κ1) is 18.9. The van der Waals surface area contributed by atoms with Gasteiger partial charge in [0.2, 0.25) is 0 Å². The zero-order chi connectivity index (χ0) is 20.5. The summed E-state index contributed by atoms with van der Waals surface area (Å²) < 4.78 is 20.4. The van der Waals surface area contributed by atoms with E-state index in [0.717, 1.165) is 4.57 Å². The van der Waals surface area contributed by atoms with Crippen molar-refractivity contribution in [1.82, 2.24) is 14.5 Å². The third-order valence-electron chi connectivity index (χ3n) is 4.51. The Hall–Kier alpha value is -3.45. The van der Waals surface area contributed by atoms with Crippen LogP contribution in [-0.4, -0.2) is 14.5 Å². The number of hydrogen-bond donors (Lipinski definition) is 1. The smallest absolute Gasteiger partial charge is 0.333 e. The van der Waals surface area contributed by atoms with Crippen molar-refractivity contribution in [2.75, 3.05) is 0 Å². The fraction of sp³-hybridized carbons (Fsp3) is 0.0952. The van der Waals surface area contributed by atoms with Crippen molar-refractivity contribution in [3.05, 3.63) is 97.7 Å². The lowest BCUT2D eigenvalue weighted by atomic mass is 10.1. The Morgan fingerprint density at radius 3 is 2.79 bits per heavy atom. The highest BCUT2D eigenvalue weighted by molar-refractivity contribution is 6.35. The van der Waals surface area contributed by atoms with Gasteiger partial charge in [0.1, 0.15) is 23.9 Å². The summed E-state index contributed by atoms with van der Waals surface area (Å²) in [7, 11) is 0. The summed E-state index contributed by atoms with van der Waals surface area (Å²) in [5.74, 6) is -0.113. The average molecular weight is 412 g/mol. The quantitative estimate of drug-likeness (QED) is 0.554. The maximum absolute atomic E-state index is 13.7. The van der Waals surface area contributed by atoms with Crippen LogP contribution in [0.25, 0.3) is 16.6 Å². The van der Waals surface area contributed by atoms with E-state index in [9.17, 15) is 14.0 Å². The fourth-order valence-corrected chi connectivity index (χ4v) is 3.29. The van der Waals surface area contributed by atoms with Gasteiger partial charge in [-0.2, -0.15) is 0 Å². The third kappa shape index (κ3) is 3.52. The molecule has 1 N–H and O–H groups in total. The monoisotopic (exact) mass is 411 g/mol. The Morgan fingerprint density at radius 1 is 1.17 bits per heavy atom. The second kappa shape index (κ2) is 7.52. The summed E-state index contributed by atoms with van der Waals surface area (Å²) in [6.45, 7) is 1.67. The average Bonchev–Trinajstić information content (AvgIpc) is 2.69. The molecule has 29 heavy (non-hydrogen) atoms. The van der Waals surface area contributed by atoms with Gasteiger partial charge in [0.25, 0.3) is 5.56 Å². The number of nitrogens with one attached hydrogen (secondary N) is 1. The molecule has 0 aliphatic heterocycles. The molecule has 2 aromatic carbocycles. The molecule has 0 spiro atoms. The maximum atomic E-state index is 13.7. The first-order valence-corrected chi connectivity index (χ1v) is 9.10.